The van der Waals surface area contributed by atoms with Crippen LogP contribution in [0.3, 0.4) is 0 Å². The predicted molar refractivity (Wildman–Crippen MR) is 141 cm³/mol. The zero-order chi connectivity index (χ0) is 28.0. The molecule has 2 aromatic heterocycles. The number of aromatic nitrogens is 3. The van der Waals surface area contributed by atoms with Gasteiger partial charge in [0.1, 0.15) is 5.69 Å². The number of nitrogens with zero attached hydrogens (tertiary/aromatic N) is 4. The summed E-state index contributed by atoms with van der Waals surface area (Å²) in [5, 5.41) is 3.15. The summed E-state index contributed by atoms with van der Waals surface area (Å²) in [4.78, 5) is 28.8. The number of rotatable bonds is 11. The molecule has 1 aliphatic heterocycles. The molecule has 0 saturated carbocycles. The molecular weight excluding hydrogens is 554 g/mol. The summed E-state index contributed by atoms with van der Waals surface area (Å²) < 4.78 is 62.1. The van der Waals surface area contributed by atoms with Crippen LogP contribution in [-0.2, 0) is 14.8 Å². The van der Waals surface area contributed by atoms with E-state index in [1.807, 2.05) is 18.7 Å². The number of nitrogens with one attached hydrogen (secondary N) is 2. The number of sulfonamides is 1. The zero-order valence-electron chi connectivity index (χ0n) is 21.2. The van der Waals surface area contributed by atoms with Crippen LogP contribution in [0.5, 0.6) is 5.88 Å². The van der Waals surface area contributed by atoms with Crippen molar-refractivity contribution in [3.05, 3.63) is 53.4 Å². The van der Waals surface area contributed by atoms with E-state index < -0.39 is 27.7 Å². The number of alkyl halides is 2. The molecule has 1 fully saturated rings. The van der Waals surface area contributed by atoms with Crippen molar-refractivity contribution in [2.24, 2.45) is 0 Å². The second-order valence-electron chi connectivity index (χ2n) is 8.71. The van der Waals surface area contributed by atoms with Crippen LogP contribution in [0.2, 0.25) is 0 Å². The number of halogens is 2. The van der Waals surface area contributed by atoms with Crippen LogP contribution in [0.25, 0.3) is 10.6 Å². The van der Waals surface area contributed by atoms with Gasteiger partial charge in [0.05, 0.1) is 43.1 Å². The van der Waals surface area contributed by atoms with Gasteiger partial charge in [-0.25, -0.2) is 18.4 Å². The Morgan fingerprint density at radius 1 is 1.31 bits per heavy atom. The molecule has 15 heteroatoms. The highest BCUT2D eigenvalue weighted by atomic mass is 32.2. The first-order valence-electron chi connectivity index (χ1n) is 12.1. The maximum Gasteiger partial charge on any atom is 0.355 e. The van der Waals surface area contributed by atoms with E-state index in [9.17, 15) is 22.0 Å². The maximum absolute atomic E-state index is 13.3. The molecule has 2 N–H and O–H groups in total. The highest BCUT2D eigenvalue weighted by Gasteiger charge is 2.28. The fraction of sp³-hybridized carbons (Fsp3) is 0.417. The molecule has 39 heavy (non-hydrogen) atoms. The molecule has 4 rings (SSSR count). The highest BCUT2D eigenvalue weighted by molar-refractivity contribution is 7.93. The Hall–Kier alpha value is -3.27. The molecule has 3 heterocycles. The smallest absolute Gasteiger partial charge is 0.355 e. The Labute approximate surface area is 228 Å². The summed E-state index contributed by atoms with van der Waals surface area (Å²) >= 11 is 1.13. The Morgan fingerprint density at radius 2 is 2.13 bits per heavy atom. The largest absolute Gasteiger partial charge is 0.477 e. The van der Waals surface area contributed by atoms with Crippen molar-refractivity contribution in [1.29, 1.82) is 0 Å². The van der Waals surface area contributed by atoms with Crippen LogP contribution in [-0.4, -0.2) is 79.4 Å². The molecule has 1 saturated heterocycles. The van der Waals surface area contributed by atoms with Crippen molar-refractivity contribution in [1.82, 2.24) is 25.2 Å². The lowest BCUT2D eigenvalue weighted by atomic mass is 9.97. The van der Waals surface area contributed by atoms with Gasteiger partial charge in [-0.2, -0.15) is 8.78 Å². The summed E-state index contributed by atoms with van der Waals surface area (Å²) in [6.07, 6.45) is 4.99. The van der Waals surface area contributed by atoms with Gasteiger partial charge in [-0.15, -0.1) is 11.3 Å². The first-order valence-corrected chi connectivity index (χ1v) is 14.4. The summed E-state index contributed by atoms with van der Waals surface area (Å²) in [5.41, 5.74) is 1.00. The van der Waals surface area contributed by atoms with E-state index in [1.165, 1.54) is 30.6 Å². The van der Waals surface area contributed by atoms with Gasteiger partial charge in [-0.05, 0) is 38.1 Å². The standard InChI is InChI=1S/C24H28F2N6O5S2/c1-3-37-21-13-27-11-19(29-21)20-12-28-23(38-20)22(33)30-18(10-17-14-36-8-7-32(17)2)15-5-4-6-16(9-15)31-39(34,35)24(25)26/h4-6,9,11-13,17-18,24,31H,3,7-8,10,14H2,1-2H3,(H,30,33)/t17?,18-/m1/s1. The molecule has 210 valence electrons. The molecule has 2 atom stereocenters. The van der Waals surface area contributed by atoms with Gasteiger partial charge in [-0.3, -0.25) is 19.4 Å². The van der Waals surface area contributed by atoms with Crippen LogP contribution >= 0.6 is 11.3 Å². The SMILES string of the molecule is CCOc1cncc(-c2cnc(C(=O)N[C@H](CC3COCCN3C)c3cccc(NS(=O)(=O)C(F)F)c3)s2)n1. The monoisotopic (exact) mass is 582 g/mol. The second-order valence-corrected chi connectivity index (χ2v) is 11.4. The summed E-state index contributed by atoms with van der Waals surface area (Å²) in [5.74, 6) is -3.68. The Bertz CT molecular complexity index is 1390. The summed E-state index contributed by atoms with van der Waals surface area (Å²) in [6, 6.07) is 5.37. The van der Waals surface area contributed by atoms with Gasteiger partial charge < -0.3 is 14.8 Å². The molecule has 0 spiro atoms. The molecule has 0 bridgehead atoms. The molecule has 1 aromatic carbocycles. The van der Waals surface area contributed by atoms with Crippen LogP contribution in [0.4, 0.5) is 14.5 Å². The number of carbonyl (C=O) groups excluding carboxylic acids is 1. The van der Waals surface area contributed by atoms with Crippen molar-refractivity contribution in [3.8, 4) is 16.5 Å². The molecule has 1 unspecified atom stereocenters. The summed E-state index contributed by atoms with van der Waals surface area (Å²) in [6.45, 7) is 4.00. The molecule has 1 aliphatic rings. The highest BCUT2D eigenvalue weighted by Crippen LogP contribution is 2.28. The topological polar surface area (TPSA) is 136 Å². The first kappa shape index (κ1) is 28.7. The number of hydrogen-bond acceptors (Lipinski definition) is 10. The number of ether oxygens (including phenoxy) is 2. The summed E-state index contributed by atoms with van der Waals surface area (Å²) in [7, 11) is -2.91. The van der Waals surface area contributed by atoms with Gasteiger partial charge in [0.15, 0.2) is 5.01 Å². The lowest BCUT2D eigenvalue weighted by molar-refractivity contribution is -0.000672. The number of benzene rings is 1. The van der Waals surface area contributed by atoms with Crippen molar-refractivity contribution < 1.29 is 31.5 Å². The Balaban J connectivity index is 1.57. The second kappa shape index (κ2) is 12.7. The number of thiazole rings is 1. The normalized spacial score (nSPS) is 17.1. The fourth-order valence-electron chi connectivity index (χ4n) is 3.97. The molecule has 0 aliphatic carbocycles. The van der Waals surface area contributed by atoms with Crippen molar-refractivity contribution >= 4 is 33.0 Å². The predicted octanol–water partition coefficient (Wildman–Crippen LogP) is 3.15. The van der Waals surface area contributed by atoms with E-state index in [0.29, 0.717) is 54.8 Å². The van der Waals surface area contributed by atoms with E-state index in [2.05, 4.69) is 25.2 Å². The number of morpholine rings is 1. The molecule has 1 amide bonds. The van der Waals surface area contributed by atoms with Crippen LogP contribution in [0, 0.1) is 0 Å². The third-order valence-electron chi connectivity index (χ3n) is 5.98. The number of anilines is 1. The minimum atomic E-state index is -4.85. The number of carbonyl (C=O) groups is 1. The van der Waals surface area contributed by atoms with E-state index in [4.69, 9.17) is 9.47 Å². The zero-order valence-corrected chi connectivity index (χ0v) is 22.8. The molecule has 0 radical (unpaired) electrons. The van der Waals surface area contributed by atoms with E-state index in [1.54, 1.807) is 12.3 Å². The quantitative estimate of drug-likeness (QED) is 0.349. The average molecular weight is 583 g/mol. The van der Waals surface area contributed by atoms with Crippen molar-refractivity contribution in [2.45, 2.75) is 31.2 Å². The van der Waals surface area contributed by atoms with Crippen molar-refractivity contribution in [2.75, 3.05) is 38.1 Å². The van der Waals surface area contributed by atoms with Crippen LogP contribution in [0.15, 0.2) is 42.9 Å². The maximum atomic E-state index is 13.3. The number of likely N-dealkylation sites (N-methyl/N-ethyl adjacent to an activating group) is 1. The number of amides is 1. The van der Waals surface area contributed by atoms with Crippen molar-refractivity contribution in [3.63, 3.8) is 0 Å². The van der Waals surface area contributed by atoms with Crippen LogP contribution in [0.1, 0.15) is 34.8 Å². The molecule has 3 aromatic rings. The van der Waals surface area contributed by atoms with Gasteiger partial charge in [0, 0.05) is 24.5 Å². The Kier molecular flexibility index (Phi) is 9.37. The van der Waals surface area contributed by atoms with Crippen LogP contribution < -0.4 is 14.8 Å². The van der Waals surface area contributed by atoms with E-state index in [-0.39, 0.29) is 16.7 Å². The minimum absolute atomic E-state index is 0.0374. The Morgan fingerprint density at radius 3 is 2.87 bits per heavy atom. The van der Waals surface area contributed by atoms with E-state index >= 15 is 0 Å². The van der Waals surface area contributed by atoms with Gasteiger partial charge in [0.25, 0.3) is 15.9 Å². The van der Waals surface area contributed by atoms with Gasteiger partial charge >= 0.3 is 5.76 Å². The third kappa shape index (κ3) is 7.44. The lowest BCUT2D eigenvalue weighted by Gasteiger charge is -2.35. The lowest BCUT2D eigenvalue weighted by Crippen LogP contribution is -2.45. The molecule has 11 nitrogen and oxygen atoms in total. The minimum Gasteiger partial charge on any atom is -0.477 e. The van der Waals surface area contributed by atoms with E-state index in [0.717, 1.165) is 11.3 Å². The first-order chi connectivity index (χ1) is 18.7. The van der Waals surface area contributed by atoms with Gasteiger partial charge in [0.2, 0.25) is 5.88 Å². The van der Waals surface area contributed by atoms with Gasteiger partial charge in [-0.1, -0.05) is 12.1 Å². The molecular formula is C24H28F2N6O5S2. The average Bonchev–Trinajstić information content (AvgIpc) is 3.40. The fourth-order valence-corrected chi connectivity index (χ4v) is 5.28. The number of hydrogen-bond donors (Lipinski definition) is 2. The third-order valence-corrected chi connectivity index (χ3v) is 7.98.